The zero-order chi connectivity index (χ0) is 17.1. The molecule has 0 radical (unpaired) electrons. The van der Waals surface area contributed by atoms with Crippen molar-refractivity contribution in [2.45, 2.75) is 45.3 Å². The molecule has 2 aliphatic heterocycles. The van der Waals surface area contributed by atoms with Crippen molar-refractivity contribution in [3.05, 3.63) is 29.3 Å². The van der Waals surface area contributed by atoms with Gasteiger partial charge in [-0.3, -0.25) is 4.79 Å². The van der Waals surface area contributed by atoms with Crippen molar-refractivity contribution in [3.63, 3.8) is 0 Å². The number of ether oxygens (including phenoxy) is 2. The highest BCUT2D eigenvalue weighted by atomic mass is 16.5. The van der Waals surface area contributed by atoms with E-state index in [-0.39, 0.29) is 30.6 Å². The fourth-order valence-electron chi connectivity index (χ4n) is 3.75. The first-order chi connectivity index (χ1) is 11.6. The van der Waals surface area contributed by atoms with E-state index in [9.17, 15) is 9.90 Å². The van der Waals surface area contributed by atoms with Gasteiger partial charge in [-0.2, -0.15) is 0 Å². The normalized spacial score (nSPS) is 27.3. The Bertz CT molecular complexity index is 589. The van der Waals surface area contributed by atoms with Crippen LogP contribution in [0.3, 0.4) is 0 Å². The van der Waals surface area contributed by atoms with E-state index in [2.05, 4.69) is 0 Å². The van der Waals surface area contributed by atoms with Crippen molar-refractivity contribution < 1.29 is 19.4 Å². The first-order valence-corrected chi connectivity index (χ1v) is 8.81. The van der Waals surface area contributed by atoms with Crippen LogP contribution in [0.5, 0.6) is 5.75 Å². The number of aliphatic hydroxyl groups excluding tert-OH is 1. The monoisotopic (exact) mass is 333 g/mol. The number of carbonyl (C=O) groups is 1. The highest BCUT2D eigenvalue weighted by molar-refractivity contribution is 5.78. The van der Waals surface area contributed by atoms with Gasteiger partial charge in [-0.25, -0.2) is 0 Å². The smallest absolute Gasteiger partial charge is 0.260 e. The van der Waals surface area contributed by atoms with Gasteiger partial charge < -0.3 is 19.5 Å². The van der Waals surface area contributed by atoms with Gasteiger partial charge in [-0.1, -0.05) is 12.1 Å². The zero-order valence-electron chi connectivity index (χ0n) is 14.5. The third kappa shape index (κ3) is 3.73. The van der Waals surface area contributed by atoms with Crippen molar-refractivity contribution in [2.24, 2.45) is 5.92 Å². The van der Waals surface area contributed by atoms with Crippen molar-refractivity contribution in [1.82, 2.24) is 4.90 Å². The van der Waals surface area contributed by atoms with Crippen LogP contribution in [0.1, 0.15) is 30.4 Å². The Kier molecular flexibility index (Phi) is 5.41. The van der Waals surface area contributed by atoms with Gasteiger partial charge in [-0.05, 0) is 50.3 Å². The standard InChI is InChI=1S/C19H27NO4/c1-13-5-6-14(2)18(10-13)24-12-19(22)20-8-3-4-16(20)15-11-23-9-7-17(15)21/h5-6,10,15-17,21H,3-4,7-9,11-12H2,1-2H3/t15-,16+,17+/m0/s1. The molecule has 24 heavy (non-hydrogen) atoms. The average Bonchev–Trinajstić information content (AvgIpc) is 3.05. The van der Waals surface area contributed by atoms with Crippen LogP contribution in [0.25, 0.3) is 0 Å². The number of aryl methyl sites for hydroxylation is 2. The predicted molar refractivity (Wildman–Crippen MR) is 91.1 cm³/mol. The predicted octanol–water partition coefficient (Wildman–Crippen LogP) is 2.07. The first-order valence-electron chi connectivity index (χ1n) is 8.81. The third-order valence-electron chi connectivity index (χ3n) is 5.17. The van der Waals surface area contributed by atoms with E-state index in [1.807, 2.05) is 36.9 Å². The molecule has 5 nitrogen and oxygen atoms in total. The quantitative estimate of drug-likeness (QED) is 0.916. The number of hydrogen-bond donors (Lipinski definition) is 1. The molecule has 3 atom stereocenters. The molecule has 5 heteroatoms. The van der Waals surface area contributed by atoms with E-state index in [0.717, 1.165) is 36.3 Å². The van der Waals surface area contributed by atoms with Crippen molar-refractivity contribution in [1.29, 1.82) is 0 Å². The molecule has 0 unspecified atom stereocenters. The van der Waals surface area contributed by atoms with E-state index < -0.39 is 0 Å². The highest BCUT2D eigenvalue weighted by Gasteiger charge is 2.39. The van der Waals surface area contributed by atoms with Crippen LogP contribution in [0.15, 0.2) is 18.2 Å². The molecule has 0 spiro atoms. The van der Waals surface area contributed by atoms with Gasteiger partial charge in [0.1, 0.15) is 5.75 Å². The molecule has 1 aromatic rings. The van der Waals surface area contributed by atoms with Crippen LogP contribution in [0, 0.1) is 19.8 Å². The molecule has 0 aliphatic carbocycles. The number of carbonyl (C=O) groups excluding carboxylic acids is 1. The van der Waals surface area contributed by atoms with Gasteiger partial charge in [-0.15, -0.1) is 0 Å². The fourth-order valence-corrected chi connectivity index (χ4v) is 3.75. The molecule has 0 saturated carbocycles. The lowest BCUT2D eigenvalue weighted by Gasteiger charge is -2.36. The number of rotatable bonds is 4. The maximum atomic E-state index is 12.7. The summed E-state index contributed by atoms with van der Waals surface area (Å²) in [7, 11) is 0. The Balaban J connectivity index is 1.62. The van der Waals surface area contributed by atoms with E-state index in [0.29, 0.717) is 19.6 Å². The molecule has 2 fully saturated rings. The Hall–Kier alpha value is -1.59. The van der Waals surface area contributed by atoms with E-state index in [1.165, 1.54) is 0 Å². The summed E-state index contributed by atoms with van der Waals surface area (Å²) in [5, 5.41) is 10.3. The topological polar surface area (TPSA) is 59.0 Å². The van der Waals surface area contributed by atoms with Gasteiger partial charge in [0.05, 0.1) is 12.7 Å². The minimum Gasteiger partial charge on any atom is -0.483 e. The number of amides is 1. The van der Waals surface area contributed by atoms with Gasteiger partial charge in [0, 0.05) is 25.1 Å². The van der Waals surface area contributed by atoms with Gasteiger partial charge in [0.25, 0.3) is 5.91 Å². The Morgan fingerprint density at radius 2 is 2.21 bits per heavy atom. The molecule has 0 aromatic heterocycles. The summed E-state index contributed by atoms with van der Waals surface area (Å²) in [5.41, 5.74) is 2.15. The second-order valence-electron chi connectivity index (χ2n) is 6.95. The summed E-state index contributed by atoms with van der Waals surface area (Å²) in [6.45, 7) is 5.91. The summed E-state index contributed by atoms with van der Waals surface area (Å²) >= 11 is 0. The lowest BCUT2D eigenvalue weighted by Crippen LogP contribution is -2.49. The number of nitrogens with zero attached hydrogens (tertiary/aromatic N) is 1. The maximum Gasteiger partial charge on any atom is 0.260 e. The van der Waals surface area contributed by atoms with Crippen LogP contribution in [-0.2, 0) is 9.53 Å². The molecule has 132 valence electrons. The van der Waals surface area contributed by atoms with Crippen LogP contribution < -0.4 is 4.74 Å². The number of likely N-dealkylation sites (tertiary alicyclic amines) is 1. The molecule has 1 amide bonds. The Labute approximate surface area is 143 Å². The van der Waals surface area contributed by atoms with E-state index in [1.54, 1.807) is 0 Å². The summed E-state index contributed by atoms with van der Waals surface area (Å²) in [5.74, 6) is 0.780. The van der Waals surface area contributed by atoms with E-state index in [4.69, 9.17) is 9.47 Å². The molecule has 1 N–H and O–H groups in total. The van der Waals surface area contributed by atoms with Crippen LogP contribution in [0.4, 0.5) is 0 Å². The molecular weight excluding hydrogens is 306 g/mol. The summed E-state index contributed by atoms with van der Waals surface area (Å²) in [6, 6.07) is 6.06. The van der Waals surface area contributed by atoms with Gasteiger partial charge in [0.15, 0.2) is 6.61 Å². The first kappa shape index (κ1) is 17.2. The minimum atomic E-state index is -0.378. The largest absolute Gasteiger partial charge is 0.483 e. The third-order valence-corrected chi connectivity index (χ3v) is 5.17. The SMILES string of the molecule is Cc1ccc(C)c(OCC(=O)N2CCC[C@@H]2[C@@H]2COCC[C@H]2O)c1. The van der Waals surface area contributed by atoms with Gasteiger partial charge >= 0.3 is 0 Å². The molecule has 1 aromatic carbocycles. The Morgan fingerprint density at radius 3 is 3.00 bits per heavy atom. The summed E-state index contributed by atoms with van der Waals surface area (Å²) in [6.07, 6.45) is 2.18. The van der Waals surface area contributed by atoms with Crippen LogP contribution in [-0.4, -0.2) is 54.4 Å². The molecule has 2 heterocycles. The van der Waals surface area contributed by atoms with E-state index >= 15 is 0 Å². The Morgan fingerprint density at radius 1 is 1.38 bits per heavy atom. The van der Waals surface area contributed by atoms with Crippen LogP contribution in [0.2, 0.25) is 0 Å². The fraction of sp³-hybridized carbons (Fsp3) is 0.632. The minimum absolute atomic E-state index is 0.00354. The molecule has 3 rings (SSSR count). The number of benzene rings is 1. The zero-order valence-corrected chi connectivity index (χ0v) is 14.5. The molecular formula is C19H27NO4. The molecule has 2 saturated heterocycles. The van der Waals surface area contributed by atoms with Crippen molar-refractivity contribution in [2.75, 3.05) is 26.4 Å². The second-order valence-corrected chi connectivity index (χ2v) is 6.95. The number of hydrogen-bond acceptors (Lipinski definition) is 4. The molecule has 2 aliphatic rings. The van der Waals surface area contributed by atoms with Crippen molar-refractivity contribution >= 4 is 5.91 Å². The summed E-state index contributed by atoms with van der Waals surface area (Å²) in [4.78, 5) is 14.5. The number of aliphatic hydroxyl groups is 1. The lowest BCUT2D eigenvalue weighted by molar-refractivity contribution is -0.138. The lowest BCUT2D eigenvalue weighted by atomic mass is 9.89. The van der Waals surface area contributed by atoms with Crippen molar-refractivity contribution in [3.8, 4) is 5.75 Å². The maximum absolute atomic E-state index is 12.7. The van der Waals surface area contributed by atoms with Crippen LogP contribution >= 0.6 is 0 Å². The average molecular weight is 333 g/mol. The molecule has 0 bridgehead atoms. The summed E-state index contributed by atoms with van der Waals surface area (Å²) < 4.78 is 11.3. The highest BCUT2D eigenvalue weighted by Crippen LogP contribution is 2.30. The second kappa shape index (κ2) is 7.53. The van der Waals surface area contributed by atoms with Gasteiger partial charge in [0.2, 0.25) is 0 Å².